The Hall–Kier alpha value is -1.73. The molecule has 0 aliphatic heterocycles. The summed E-state index contributed by atoms with van der Waals surface area (Å²) in [5, 5.41) is 11.6. The first-order valence-corrected chi connectivity index (χ1v) is 5.14. The molecule has 1 atom stereocenters. The Morgan fingerprint density at radius 3 is 2.62 bits per heavy atom. The van der Waals surface area contributed by atoms with Gasteiger partial charge >= 0.3 is 0 Å². The molecule has 0 radical (unpaired) electrons. The number of para-hydroxylation sites is 2. The predicted molar refractivity (Wildman–Crippen MR) is 61.6 cm³/mol. The molecule has 0 heterocycles. The second kappa shape index (κ2) is 6.70. The van der Waals surface area contributed by atoms with Gasteiger partial charge in [-0.2, -0.15) is 5.26 Å². The Labute approximate surface area is 95.8 Å². The summed E-state index contributed by atoms with van der Waals surface area (Å²) in [4.78, 5) is 0. The van der Waals surface area contributed by atoms with Crippen molar-refractivity contribution in [3.8, 4) is 17.6 Å². The number of hydrogen-bond donors (Lipinski definition) is 1. The molecule has 0 fully saturated rings. The molecule has 4 nitrogen and oxygen atoms in total. The summed E-state index contributed by atoms with van der Waals surface area (Å²) in [6.07, 6.45) is 0.644. The van der Waals surface area contributed by atoms with E-state index in [1.54, 1.807) is 14.2 Å². The maximum atomic E-state index is 8.73. The number of rotatable bonds is 6. The highest BCUT2D eigenvalue weighted by Crippen LogP contribution is 2.25. The molecule has 1 aromatic carbocycles. The van der Waals surface area contributed by atoms with E-state index in [0.29, 0.717) is 24.5 Å². The fourth-order valence-corrected chi connectivity index (χ4v) is 1.30. The zero-order valence-corrected chi connectivity index (χ0v) is 9.56. The van der Waals surface area contributed by atoms with Crippen LogP contribution in [0.2, 0.25) is 0 Å². The number of ether oxygens (including phenoxy) is 2. The molecule has 0 saturated carbocycles. The zero-order valence-electron chi connectivity index (χ0n) is 9.56. The fraction of sp³-hybridized carbons (Fsp3) is 0.417. The van der Waals surface area contributed by atoms with Gasteiger partial charge in [0.15, 0.2) is 11.5 Å². The van der Waals surface area contributed by atoms with Crippen LogP contribution in [0.3, 0.4) is 0 Å². The van der Waals surface area contributed by atoms with E-state index in [4.69, 9.17) is 14.7 Å². The predicted octanol–water partition coefficient (Wildman–Crippen LogP) is 1.58. The second-order valence-electron chi connectivity index (χ2n) is 3.26. The minimum atomic E-state index is -0.172. The van der Waals surface area contributed by atoms with Crippen molar-refractivity contribution in [1.29, 1.82) is 5.26 Å². The molecule has 4 heteroatoms. The van der Waals surface area contributed by atoms with Crippen molar-refractivity contribution in [2.75, 3.05) is 20.8 Å². The first-order valence-electron chi connectivity index (χ1n) is 5.14. The molecule has 0 aliphatic rings. The molecule has 0 aromatic heterocycles. The van der Waals surface area contributed by atoms with Gasteiger partial charge in [0.05, 0.1) is 25.8 Å². The van der Waals surface area contributed by atoms with E-state index in [9.17, 15) is 0 Å². The van der Waals surface area contributed by atoms with Gasteiger partial charge in [-0.1, -0.05) is 12.1 Å². The Balaban J connectivity index is 2.46. The third kappa shape index (κ3) is 3.44. The average Bonchev–Trinajstić information content (AvgIpc) is 2.35. The number of nitriles is 1. The molecule has 0 bridgehead atoms. The third-order valence-corrected chi connectivity index (χ3v) is 2.24. The molecular formula is C12H16N2O2. The Kier molecular flexibility index (Phi) is 5.17. The van der Waals surface area contributed by atoms with Gasteiger partial charge < -0.3 is 14.8 Å². The monoisotopic (exact) mass is 220 g/mol. The van der Waals surface area contributed by atoms with Gasteiger partial charge in [0.2, 0.25) is 0 Å². The van der Waals surface area contributed by atoms with Crippen LogP contribution in [0.1, 0.15) is 6.42 Å². The standard InChI is InChI=1S/C12H16N2O2/c1-14-10(9-13)7-8-16-12-6-4-3-5-11(12)15-2/h3-6,10,14H,7-8H2,1-2H3. The van der Waals surface area contributed by atoms with Crippen LogP contribution in [-0.4, -0.2) is 26.8 Å². The summed E-state index contributed by atoms with van der Waals surface area (Å²) >= 11 is 0. The molecule has 1 rings (SSSR count). The zero-order chi connectivity index (χ0) is 11.8. The topological polar surface area (TPSA) is 54.3 Å². The highest BCUT2D eigenvalue weighted by molar-refractivity contribution is 5.39. The molecule has 0 aliphatic carbocycles. The number of methoxy groups -OCH3 is 1. The van der Waals surface area contributed by atoms with Gasteiger partial charge in [0.25, 0.3) is 0 Å². The van der Waals surface area contributed by atoms with Crippen molar-refractivity contribution in [3.63, 3.8) is 0 Å². The average molecular weight is 220 g/mol. The maximum Gasteiger partial charge on any atom is 0.161 e. The van der Waals surface area contributed by atoms with Gasteiger partial charge in [-0.15, -0.1) is 0 Å². The molecule has 0 amide bonds. The largest absolute Gasteiger partial charge is 0.493 e. The van der Waals surface area contributed by atoms with Crippen LogP contribution in [0.4, 0.5) is 0 Å². The van der Waals surface area contributed by atoms with E-state index in [1.165, 1.54) is 0 Å². The Morgan fingerprint density at radius 2 is 2.06 bits per heavy atom. The summed E-state index contributed by atoms with van der Waals surface area (Å²) < 4.78 is 10.7. The first-order chi connectivity index (χ1) is 7.81. The van der Waals surface area contributed by atoms with E-state index in [2.05, 4.69) is 11.4 Å². The molecule has 16 heavy (non-hydrogen) atoms. The summed E-state index contributed by atoms with van der Waals surface area (Å²) in [6, 6.07) is 9.43. The summed E-state index contributed by atoms with van der Waals surface area (Å²) in [7, 11) is 3.37. The highest BCUT2D eigenvalue weighted by atomic mass is 16.5. The third-order valence-electron chi connectivity index (χ3n) is 2.24. The maximum absolute atomic E-state index is 8.73. The van der Waals surface area contributed by atoms with Crippen molar-refractivity contribution in [2.24, 2.45) is 0 Å². The number of nitrogens with zero attached hydrogens (tertiary/aromatic N) is 1. The van der Waals surface area contributed by atoms with Gasteiger partial charge in [0.1, 0.15) is 0 Å². The quantitative estimate of drug-likeness (QED) is 0.790. The lowest BCUT2D eigenvalue weighted by Gasteiger charge is -2.11. The summed E-state index contributed by atoms with van der Waals surface area (Å²) in [6.45, 7) is 0.486. The minimum absolute atomic E-state index is 0.172. The molecule has 1 unspecified atom stereocenters. The molecule has 1 N–H and O–H groups in total. The van der Waals surface area contributed by atoms with Crippen molar-refractivity contribution in [3.05, 3.63) is 24.3 Å². The minimum Gasteiger partial charge on any atom is -0.493 e. The van der Waals surface area contributed by atoms with Crippen LogP contribution in [0, 0.1) is 11.3 Å². The lowest BCUT2D eigenvalue weighted by Crippen LogP contribution is -2.25. The van der Waals surface area contributed by atoms with Gasteiger partial charge in [-0.05, 0) is 19.2 Å². The van der Waals surface area contributed by atoms with Crippen LogP contribution >= 0.6 is 0 Å². The van der Waals surface area contributed by atoms with E-state index in [0.717, 1.165) is 0 Å². The number of benzene rings is 1. The van der Waals surface area contributed by atoms with E-state index in [1.807, 2.05) is 24.3 Å². The molecule has 0 saturated heterocycles. The normalized spacial score (nSPS) is 11.6. The smallest absolute Gasteiger partial charge is 0.161 e. The SMILES string of the molecule is CNC(C#N)CCOc1ccccc1OC. The molecule has 86 valence electrons. The van der Waals surface area contributed by atoms with Crippen LogP contribution in [-0.2, 0) is 0 Å². The van der Waals surface area contributed by atoms with E-state index >= 15 is 0 Å². The van der Waals surface area contributed by atoms with Crippen molar-refractivity contribution >= 4 is 0 Å². The first kappa shape index (κ1) is 12.3. The summed E-state index contributed by atoms with van der Waals surface area (Å²) in [5.41, 5.74) is 0. The molecular weight excluding hydrogens is 204 g/mol. The lowest BCUT2D eigenvalue weighted by atomic mass is 10.2. The van der Waals surface area contributed by atoms with Crippen LogP contribution in [0.25, 0.3) is 0 Å². The van der Waals surface area contributed by atoms with Crippen LogP contribution in [0.5, 0.6) is 11.5 Å². The van der Waals surface area contributed by atoms with Gasteiger partial charge in [-0.25, -0.2) is 0 Å². The van der Waals surface area contributed by atoms with E-state index in [-0.39, 0.29) is 6.04 Å². The van der Waals surface area contributed by atoms with Crippen molar-refractivity contribution in [1.82, 2.24) is 5.32 Å². The molecule has 1 aromatic rings. The van der Waals surface area contributed by atoms with Gasteiger partial charge in [-0.3, -0.25) is 0 Å². The number of hydrogen-bond acceptors (Lipinski definition) is 4. The fourth-order valence-electron chi connectivity index (χ4n) is 1.30. The summed E-state index contributed by atoms with van der Waals surface area (Å²) in [5.74, 6) is 1.42. The van der Waals surface area contributed by atoms with Crippen molar-refractivity contribution in [2.45, 2.75) is 12.5 Å². The van der Waals surface area contributed by atoms with Crippen molar-refractivity contribution < 1.29 is 9.47 Å². The van der Waals surface area contributed by atoms with Crippen LogP contribution < -0.4 is 14.8 Å². The number of nitrogens with one attached hydrogen (secondary N) is 1. The van der Waals surface area contributed by atoms with Crippen LogP contribution in [0.15, 0.2) is 24.3 Å². The molecule has 0 spiro atoms. The Morgan fingerprint density at radius 1 is 1.38 bits per heavy atom. The van der Waals surface area contributed by atoms with Gasteiger partial charge in [0, 0.05) is 6.42 Å². The second-order valence-corrected chi connectivity index (χ2v) is 3.26. The lowest BCUT2D eigenvalue weighted by molar-refractivity contribution is 0.281. The Bertz CT molecular complexity index is 360. The highest BCUT2D eigenvalue weighted by Gasteiger charge is 2.06. The van der Waals surface area contributed by atoms with E-state index < -0.39 is 0 Å².